The first-order valence-corrected chi connectivity index (χ1v) is 3.67. The fourth-order valence-electron chi connectivity index (χ4n) is 0.905. The van der Waals surface area contributed by atoms with Gasteiger partial charge in [-0.2, -0.15) is 13.2 Å². The lowest BCUT2D eigenvalue weighted by Crippen LogP contribution is -2.29. The molecule has 0 aliphatic rings. The van der Waals surface area contributed by atoms with Gasteiger partial charge in [0.25, 0.3) is 0 Å². The van der Waals surface area contributed by atoms with E-state index in [2.05, 4.69) is 4.98 Å². The predicted octanol–water partition coefficient (Wildman–Crippen LogP) is 1.95. The van der Waals surface area contributed by atoms with Crippen LogP contribution >= 0.6 is 0 Å². The second kappa shape index (κ2) is 3.33. The van der Waals surface area contributed by atoms with E-state index in [1.165, 1.54) is 12.1 Å². The van der Waals surface area contributed by atoms with Crippen molar-refractivity contribution in [2.45, 2.75) is 19.1 Å². The summed E-state index contributed by atoms with van der Waals surface area (Å²) in [4.78, 5) is 3.69. The molecule has 2 N–H and O–H groups in total. The number of nitrogens with zero attached hydrogens (tertiary/aromatic N) is 1. The Morgan fingerprint density at radius 3 is 2.46 bits per heavy atom. The third kappa shape index (κ3) is 2.42. The molecule has 0 aliphatic carbocycles. The molecule has 0 fully saturated rings. The summed E-state index contributed by atoms with van der Waals surface area (Å²) in [6.45, 7) is 1.62. The molecule has 1 atom stereocenters. The molecule has 0 radical (unpaired) electrons. The van der Waals surface area contributed by atoms with Gasteiger partial charge in [-0.15, -0.1) is 0 Å². The first-order valence-electron chi connectivity index (χ1n) is 3.67. The van der Waals surface area contributed by atoms with Crippen molar-refractivity contribution in [1.29, 1.82) is 0 Å². The molecule has 0 aromatic carbocycles. The summed E-state index contributed by atoms with van der Waals surface area (Å²) in [6, 6.07) is 2.40. The van der Waals surface area contributed by atoms with E-state index in [9.17, 15) is 13.2 Å². The third-order valence-electron chi connectivity index (χ3n) is 1.58. The predicted molar refractivity (Wildman–Crippen MR) is 42.0 cm³/mol. The van der Waals surface area contributed by atoms with Gasteiger partial charge in [-0.3, -0.25) is 4.98 Å². The van der Waals surface area contributed by atoms with Crippen LogP contribution < -0.4 is 5.73 Å². The van der Waals surface area contributed by atoms with Crippen LogP contribution in [0.15, 0.2) is 18.2 Å². The molecular weight excluding hydrogens is 181 g/mol. The summed E-state index contributed by atoms with van der Waals surface area (Å²) in [7, 11) is 0. The highest BCUT2D eigenvalue weighted by molar-refractivity contribution is 5.14. The lowest BCUT2D eigenvalue weighted by molar-refractivity contribution is -0.150. The Morgan fingerprint density at radius 1 is 1.38 bits per heavy atom. The Labute approximate surface area is 73.6 Å². The van der Waals surface area contributed by atoms with Crippen LogP contribution in [0.3, 0.4) is 0 Å². The second-order valence-electron chi connectivity index (χ2n) is 2.72. The van der Waals surface area contributed by atoms with Gasteiger partial charge in [-0.05, 0) is 19.1 Å². The molecule has 0 spiro atoms. The highest BCUT2D eigenvalue weighted by Crippen LogP contribution is 2.29. The number of hydrogen-bond donors (Lipinski definition) is 1. The summed E-state index contributed by atoms with van der Waals surface area (Å²) in [5.74, 6) is 0. The zero-order valence-electron chi connectivity index (χ0n) is 6.97. The van der Waals surface area contributed by atoms with Crippen molar-refractivity contribution in [3.63, 3.8) is 0 Å². The van der Waals surface area contributed by atoms with Crippen LogP contribution in [0.5, 0.6) is 0 Å². The summed E-state index contributed by atoms with van der Waals surface area (Å²) in [6.07, 6.45) is -4.43. The normalized spacial score (nSPS) is 14.2. The first kappa shape index (κ1) is 9.98. The van der Waals surface area contributed by atoms with Gasteiger partial charge in [0.05, 0.1) is 5.69 Å². The number of pyridine rings is 1. The van der Waals surface area contributed by atoms with Crippen molar-refractivity contribution in [2.75, 3.05) is 0 Å². The minimum absolute atomic E-state index is 0.146. The molecule has 72 valence electrons. The van der Waals surface area contributed by atoms with E-state index < -0.39 is 12.2 Å². The molecule has 5 heteroatoms. The van der Waals surface area contributed by atoms with Crippen molar-refractivity contribution in [1.82, 2.24) is 4.98 Å². The number of nitrogens with two attached hydrogens (primary N) is 1. The van der Waals surface area contributed by atoms with Gasteiger partial charge in [-0.1, -0.05) is 6.07 Å². The second-order valence-corrected chi connectivity index (χ2v) is 2.72. The summed E-state index contributed by atoms with van der Waals surface area (Å²) in [5.41, 5.74) is 5.33. The molecule has 0 aliphatic heterocycles. The monoisotopic (exact) mass is 190 g/mol. The molecule has 13 heavy (non-hydrogen) atoms. The average Bonchev–Trinajstić information content (AvgIpc) is 2.01. The Hall–Kier alpha value is -1.10. The molecular formula is C8H9F3N2. The van der Waals surface area contributed by atoms with Gasteiger partial charge in [0.15, 0.2) is 0 Å². The van der Waals surface area contributed by atoms with E-state index in [0.29, 0.717) is 5.69 Å². The van der Waals surface area contributed by atoms with Gasteiger partial charge in [0.1, 0.15) is 6.04 Å². The molecule has 1 heterocycles. The highest BCUT2D eigenvalue weighted by atomic mass is 19.4. The van der Waals surface area contributed by atoms with Crippen LogP contribution in [0.1, 0.15) is 17.4 Å². The van der Waals surface area contributed by atoms with Crippen LogP contribution in [0.25, 0.3) is 0 Å². The Morgan fingerprint density at radius 2 is 2.00 bits per heavy atom. The van der Waals surface area contributed by atoms with E-state index in [1.54, 1.807) is 13.0 Å². The molecule has 0 bridgehead atoms. The Kier molecular flexibility index (Phi) is 2.56. The van der Waals surface area contributed by atoms with Crippen LogP contribution in [0, 0.1) is 6.92 Å². The van der Waals surface area contributed by atoms with E-state index >= 15 is 0 Å². The number of aromatic nitrogens is 1. The molecule has 1 rings (SSSR count). The number of rotatable bonds is 1. The summed E-state index contributed by atoms with van der Waals surface area (Å²) in [5, 5.41) is 0. The van der Waals surface area contributed by atoms with Crippen molar-refractivity contribution >= 4 is 0 Å². The molecule has 2 nitrogen and oxygen atoms in total. The van der Waals surface area contributed by atoms with Crippen LogP contribution in [-0.4, -0.2) is 11.2 Å². The van der Waals surface area contributed by atoms with Gasteiger partial charge >= 0.3 is 6.18 Å². The molecule has 1 aromatic heterocycles. The van der Waals surface area contributed by atoms with E-state index in [1.807, 2.05) is 0 Å². The van der Waals surface area contributed by atoms with Crippen molar-refractivity contribution < 1.29 is 13.2 Å². The maximum atomic E-state index is 12.1. The third-order valence-corrected chi connectivity index (χ3v) is 1.58. The minimum Gasteiger partial charge on any atom is -0.315 e. The Bertz CT molecular complexity index is 296. The van der Waals surface area contributed by atoms with Gasteiger partial charge in [0.2, 0.25) is 0 Å². The maximum absolute atomic E-state index is 12.1. The number of alkyl halides is 3. The largest absolute Gasteiger partial charge is 0.409 e. The highest BCUT2D eigenvalue weighted by Gasteiger charge is 2.38. The van der Waals surface area contributed by atoms with E-state index in [4.69, 9.17) is 5.73 Å². The fourth-order valence-corrected chi connectivity index (χ4v) is 0.905. The van der Waals surface area contributed by atoms with Gasteiger partial charge in [0, 0.05) is 5.69 Å². The number of halogens is 3. The van der Waals surface area contributed by atoms with E-state index in [0.717, 1.165) is 0 Å². The minimum atomic E-state index is -4.43. The summed E-state index contributed by atoms with van der Waals surface area (Å²) >= 11 is 0. The molecule has 0 saturated heterocycles. The molecule has 0 saturated carbocycles. The van der Waals surface area contributed by atoms with Crippen molar-refractivity contribution in [2.24, 2.45) is 5.73 Å². The fraction of sp³-hybridized carbons (Fsp3) is 0.375. The topological polar surface area (TPSA) is 38.9 Å². The quantitative estimate of drug-likeness (QED) is 0.735. The maximum Gasteiger partial charge on any atom is 0.409 e. The van der Waals surface area contributed by atoms with Gasteiger partial charge < -0.3 is 5.73 Å². The van der Waals surface area contributed by atoms with Crippen molar-refractivity contribution in [3.05, 3.63) is 29.6 Å². The number of aryl methyl sites for hydroxylation is 1. The van der Waals surface area contributed by atoms with E-state index in [-0.39, 0.29) is 5.69 Å². The van der Waals surface area contributed by atoms with Crippen molar-refractivity contribution in [3.8, 4) is 0 Å². The lowest BCUT2D eigenvalue weighted by Gasteiger charge is -2.14. The smallest absolute Gasteiger partial charge is 0.315 e. The number of hydrogen-bond acceptors (Lipinski definition) is 2. The molecule has 0 amide bonds. The van der Waals surface area contributed by atoms with Gasteiger partial charge in [-0.25, -0.2) is 0 Å². The molecule has 1 aromatic rings. The summed E-state index contributed by atoms with van der Waals surface area (Å²) < 4.78 is 36.3. The Balaban J connectivity index is 2.96. The first-order chi connectivity index (χ1) is 5.91. The zero-order chi connectivity index (χ0) is 10.1. The molecule has 1 unspecified atom stereocenters. The van der Waals surface area contributed by atoms with Crippen LogP contribution in [0.4, 0.5) is 13.2 Å². The van der Waals surface area contributed by atoms with Crippen LogP contribution in [-0.2, 0) is 0 Å². The average molecular weight is 190 g/mol. The lowest BCUT2D eigenvalue weighted by atomic mass is 10.2. The standard InChI is InChI=1S/C8H9F3N2/c1-5-3-2-4-6(13-5)7(12)8(9,10)11/h2-4,7H,12H2,1H3. The zero-order valence-corrected chi connectivity index (χ0v) is 6.97. The van der Waals surface area contributed by atoms with Crippen LogP contribution in [0.2, 0.25) is 0 Å². The SMILES string of the molecule is Cc1cccc(C(N)C(F)(F)F)n1.